The van der Waals surface area contributed by atoms with E-state index >= 15 is 0 Å². The summed E-state index contributed by atoms with van der Waals surface area (Å²) in [6.07, 6.45) is 4.15. The van der Waals surface area contributed by atoms with Gasteiger partial charge in [-0.1, -0.05) is 152 Å². The Kier molecular flexibility index (Phi) is 8.29. The molecule has 0 saturated heterocycles. The molecule has 0 atom stereocenters. The zero-order valence-corrected chi connectivity index (χ0v) is 28.0. The second-order valence-electron chi connectivity index (χ2n) is 12.2. The van der Waals surface area contributed by atoms with Gasteiger partial charge in [0, 0.05) is 5.69 Å². The van der Waals surface area contributed by atoms with Crippen molar-refractivity contribution in [2.24, 2.45) is 0 Å². The monoisotopic (exact) mass is 663 g/mol. The molecule has 1 aliphatic rings. The number of para-hydroxylation sites is 1. The van der Waals surface area contributed by atoms with Crippen LogP contribution in [0, 0.1) is 0 Å². The van der Waals surface area contributed by atoms with Gasteiger partial charge in [0.25, 0.3) is 0 Å². The van der Waals surface area contributed by atoms with Gasteiger partial charge in [-0.3, -0.25) is 0 Å². The van der Waals surface area contributed by atoms with Crippen LogP contribution < -0.4 is 4.90 Å². The first-order chi connectivity index (χ1) is 24.6. The van der Waals surface area contributed by atoms with Crippen LogP contribution >= 0.6 is 0 Å². The maximum atomic E-state index is 14.8. The molecule has 0 spiro atoms. The normalized spacial score (nSPS) is 12.7. The van der Waals surface area contributed by atoms with E-state index in [9.17, 15) is 8.42 Å². The third kappa shape index (κ3) is 5.98. The first kappa shape index (κ1) is 31.1. The van der Waals surface area contributed by atoms with Gasteiger partial charge in [0.1, 0.15) is 0 Å². The number of rotatable bonds is 7. The van der Waals surface area contributed by atoms with Gasteiger partial charge in [-0.2, -0.15) is 0 Å². The highest BCUT2D eigenvalue weighted by Gasteiger charge is 2.35. The number of hydrogen-bond acceptors (Lipinski definition) is 3. The van der Waals surface area contributed by atoms with E-state index in [4.69, 9.17) is 0 Å². The molecule has 0 radical (unpaired) electrons. The van der Waals surface area contributed by atoms with Crippen LogP contribution in [-0.4, -0.2) is 8.42 Å². The summed E-state index contributed by atoms with van der Waals surface area (Å²) in [4.78, 5) is 2.60. The molecule has 1 aliphatic heterocycles. The third-order valence-electron chi connectivity index (χ3n) is 9.00. The van der Waals surface area contributed by atoms with Crippen LogP contribution in [0.15, 0.2) is 198 Å². The Hall–Kier alpha value is -6.23. The van der Waals surface area contributed by atoms with Crippen LogP contribution in [0.1, 0.15) is 33.4 Å². The van der Waals surface area contributed by atoms with Crippen LogP contribution in [0.25, 0.3) is 23.3 Å². The molecule has 0 saturated carbocycles. The number of hydrogen-bond donors (Lipinski definition) is 0. The van der Waals surface area contributed by atoms with Crippen LogP contribution in [0.2, 0.25) is 0 Å². The summed E-state index contributed by atoms with van der Waals surface area (Å²) in [5.74, 6) is 0. The van der Waals surface area contributed by atoms with E-state index < -0.39 is 9.84 Å². The Labute approximate surface area is 293 Å². The Morgan fingerprint density at radius 2 is 0.720 bits per heavy atom. The number of anilines is 3. The van der Waals surface area contributed by atoms with Crippen LogP contribution in [0.4, 0.5) is 17.1 Å². The van der Waals surface area contributed by atoms with Gasteiger partial charge in [-0.25, -0.2) is 8.42 Å². The maximum absolute atomic E-state index is 14.8. The van der Waals surface area contributed by atoms with E-state index in [0.29, 0.717) is 11.4 Å². The molecule has 1 heterocycles. The smallest absolute Gasteiger partial charge is 0.210 e. The van der Waals surface area contributed by atoms with Gasteiger partial charge < -0.3 is 4.90 Å². The summed E-state index contributed by atoms with van der Waals surface area (Å²) in [6.45, 7) is 0. The lowest BCUT2D eigenvalue weighted by Gasteiger charge is -2.33. The van der Waals surface area contributed by atoms with Crippen molar-refractivity contribution in [1.29, 1.82) is 0 Å². The molecule has 8 rings (SSSR count). The van der Waals surface area contributed by atoms with E-state index in [2.05, 4.69) is 65.6 Å². The van der Waals surface area contributed by atoms with Gasteiger partial charge in [0.2, 0.25) is 9.84 Å². The van der Waals surface area contributed by atoms with Crippen molar-refractivity contribution >= 4 is 50.2 Å². The molecule has 0 aliphatic carbocycles. The van der Waals surface area contributed by atoms with Crippen molar-refractivity contribution in [2.75, 3.05) is 4.90 Å². The molecular weight excluding hydrogens is 631 g/mol. The Morgan fingerprint density at radius 3 is 1.06 bits per heavy atom. The van der Waals surface area contributed by atoms with Crippen molar-refractivity contribution in [2.45, 2.75) is 9.79 Å². The highest BCUT2D eigenvalue weighted by Crippen LogP contribution is 2.49. The SMILES string of the molecule is O=S1(=O)c2cc(C=C(c3ccccc3)c3ccccc3)ccc2N(c2ccccc2)c2ccc(C=C(c3ccccc3)c3ccccc3)cc21. The van der Waals surface area contributed by atoms with E-state index in [1.807, 2.05) is 140 Å². The molecule has 7 aromatic carbocycles. The first-order valence-corrected chi connectivity index (χ1v) is 18.1. The topological polar surface area (TPSA) is 37.4 Å². The molecule has 7 aromatic rings. The van der Waals surface area contributed by atoms with Gasteiger partial charge in [-0.05, 0) is 93.1 Å². The fraction of sp³-hybridized carbons (Fsp3) is 0. The van der Waals surface area contributed by atoms with Gasteiger partial charge in [0.15, 0.2) is 0 Å². The molecule has 50 heavy (non-hydrogen) atoms. The molecule has 0 N–H and O–H groups in total. The predicted octanol–water partition coefficient (Wildman–Crippen LogP) is 11.5. The molecule has 3 nitrogen and oxygen atoms in total. The lowest BCUT2D eigenvalue weighted by Crippen LogP contribution is -2.22. The summed E-state index contributed by atoms with van der Waals surface area (Å²) in [5.41, 5.74) is 10.00. The highest BCUT2D eigenvalue weighted by atomic mass is 32.2. The fourth-order valence-corrected chi connectivity index (χ4v) is 8.30. The molecule has 4 heteroatoms. The molecule has 240 valence electrons. The largest absolute Gasteiger partial charge is 0.308 e. The quantitative estimate of drug-likeness (QED) is 0.159. The lowest BCUT2D eigenvalue weighted by atomic mass is 9.95. The summed E-state index contributed by atoms with van der Waals surface area (Å²) in [7, 11) is -3.92. The average molecular weight is 664 g/mol. The van der Waals surface area contributed by atoms with Crippen molar-refractivity contribution in [3.63, 3.8) is 0 Å². The summed E-state index contributed by atoms with van der Waals surface area (Å²) in [5, 5.41) is 0. The molecular formula is C46H33NO2S. The molecule has 0 unspecified atom stereocenters. The van der Waals surface area contributed by atoms with Crippen LogP contribution in [0.5, 0.6) is 0 Å². The van der Waals surface area contributed by atoms with Crippen molar-refractivity contribution in [3.8, 4) is 0 Å². The van der Waals surface area contributed by atoms with Crippen molar-refractivity contribution in [3.05, 3.63) is 221 Å². The summed E-state index contributed by atoms with van der Waals surface area (Å²) >= 11 is 0. The van der Waals surface area contributed by atoms with Crippen LogP contribution in [0.3, 0.4) is 0 Å². The number of fused-ring (bicyclic) bond motifs is 2. The van der Waals surface area contributed by atoms with Crippen molar-refractivity contribution in [1.82, 2.24) is 0 Å². The Morgan fingerprint density at radius 1 is 0.400 bits per heavy atom. The zero-order valence-electron chi connectivity index (χ0n) is 27.2. The lowest BCUT2D eigenvalue weighted by molar-refractivity contribution is 0.595. The number of nitrogens with zero attached hydrogens (tertiary/aromatic N) is 1. The maximum Gasteiger partial charge on any atom is 0.210 e. The zero-order chi connectivity index (χ0) is 33.9. The summed E-state index contributed by atoms with van der Waals surface area (Å²) in [6, 6.07) is 62.2. The molecule has 0 aromatic heterocycles. The molecule has 0 fully saturated rings. The number of benzene rings is 7. The van der Waals surface area contributed by atoms with E-state index in [0.717, 1.165) is 50.2 Å². The molecule has 0 amide bonds. The van der Waals surface area contributed by atoms with E-state index in [-0.39, 0.29) is 9.79 Å². The summed E-state index contributed by atoms with van der Waals surface area (Å²) < 4.78 is 29.5. The minimum absolute atomic E-state index is 0.274. The van der Waals surface area contributed by atoms with Crippen LogP contribution in [-0.2, 0) is 9.84 Å². The standard InChI is InChI=1S/C46H33NO2S/c48-50(49)45-32-34(30-41(36-16-6-1-7-17-36)37-18-8-2-9-19-37)26-28-43(45)47(40-24-14-5-15-25-40)44-29-27-35(33-46(44)50)31-42(38-20-10-3-11-21-38)39-22-12-4-13-23-39/h1-33H. The van der Waals surface area contributed by atoms with Gasteiger partial charge in [-0.15, -0.1) is 0 Å². The minimum atomic E-state index is -3.92. The predicted molar refractivity (Wildman–Crippen MR) is 206 cm³/mol. The van der Waals surface area contributed by atoms with E-state index in [1.165, 1.54) is 0 Å². The number of sulfone groups is 1. The Balaban J connectivity index is 1.31. The Bertz CT molecular complexity index is 2220. The molecule has 0 bridgehead atoms. The van der Waals surface area contributed by atoms with Gasteiger partial charge in [0.05, 0.1) is 21.2 Å². The van der Waals surface area contributed by atoms with Gasteiger partial charge >= 0.3 is 0 Å². The van der Waals surface area contributed by atoms with E-state index in [1.54, 1.807) is 0 Å². The second kappa shape index (κ2) is 13.3. The average Bonchev–Trinajstić information content (AvgIpc) is 3.18. The fourth-order valence-electron chi connectivity index (χ4n) is 6.62. The first-order valence-electron chi connectivity index (χ1n) is 16.6. The highest BCUT2D eigenvalue weighted by molar-refractivity contribution is 7.92. The minimum Gasteiger partial charge on any atom is -0.308 e. The third-order valence-corrected chi connectivity index (χ3v) is 10.8. The second-order valence-corrected chi connectivity index (χ2v) is 14.1. The van der Waals surface area contributed by atoms with Crippen molar-refractivity contribution < 1.29 is 8.42 Å².